The first-order chi connectivity index (χ1) is 9.55. The van der Waals surface area contributed by atoms with Crippen LogP contribution in [-0.2, 0) is 16.6 Å². The highest BCUT2D eigenvalue weighted by Crippen LogP contribution is 2.14. The Morgan fingerprint density at radius 3 is 2.95 bits per heavy atom. The summed E-state index contributed by atoms with van der Waals surface area (Å²) < 4.78 is 31.3. The van der Waals surface area contributed by atoms with Crippen LogP contribution in [0.1, 0.15) is 5.69 Å². The van der Waals surface area contributed by atoms with Crippen molar-refractivity contribution in [2.45, 2.75) is 6.54 Å². The summed E-state index contributed by atoms with van der Waals surface area (Å²) in [5.41, 5.74) is 6.87. The lowest BCUT2D eigenvalue weighted by Crippen LogP contribution is -2.28. The Kier molecular flexibility index (Phi) is 4.59. The molecule has 0 atom stereocenters. The van der Waals surface area contributed by atoms with Crippen LogP contribution in [0.25, 0.3) is 0 Å². The largest absolute Gasteiger partial charge is 0.492 e. The van der Waals surface area contributed by atoms with E-state index in [1.54, 1.807) is 30.5 Å². The summed E-state index contributed by atoms with van der Waals surface area (Å²) in [7, 11) is -3.39. The van der Waals surface area contributed by atoms with E-state index < -0.39 is 10.0 Å². The number of aromatic amines is 1. The third kappa shape index (κ3) is 4.56. The van der Waals surface area contributed by atoms with E-state index in [2.05, 4.69) is 14.7 Å². The molecule has 0 aliphatic heterocycles. The van der Waals surface area contributed by atoms with Gasteiger partial charge in [-0.2, -0.15) is 0 Å². The maximum Gasteiger partial charge on any atom is 0.215 e. The van der Waals surface area contributed by atoms with E-state index in [1.807, 2.05) is 0 Å². The minimum atomic E-state index is -3.39. The van der Waals surface area contributed by atoms with Crippen LogP contribution in [0.3, 0.4) is 0 Å². The van der Waals surface area contributed by atoms with Crippen molar-refractivity contribution in [3.63, 3.8) is 0 Å². The molecule has 0 unspecified atom stereocenters. The predicted octanol–water partition coefficient (Wildman–Crippen LogP) is 0.490. The second-order valence-electron chi connectivity index (χ2n) is 4.14. The average Bonchev–Trinajstić information content (AvgIpc) is 2.89. The standard InChI is InChI=1S/C12H16N4O3S/c13-10-2-1-3-12(6-10)19-4-5-20(17,18)16-8-11-7-14-9-15-11/h1-3,6-7,9,16H,4-5,8,13H2,(H,14,15). The highest BCUT2D eigenvalue weighted by Gasteiger charge is 2.10. The number of nitrogens with two attached hydrogens (primary N) is 1. The zero-order valence-electron chi connectivity index (χ0n) is 10.7. The Bertz CT molecular complexity index is 640. The molecule has 20 heavy (non-hydrogen) atoms. The van der Waals surface area contributed by atoms with Crippen LogP contribution in [0, 0.1) is 0 Å². The summed E-state index contributed by atoms with van der Waals surface area (Å²) in [5, 5.41) is 0. The highest BCUT2D eigenvalue weighted by molar-refractivity contribution is 7.89. The molecule has 1 heterocycles. The first-order valence-corrected chi connectivity index (χ1v) is 7.63. The van der Waals surface area contributed by atoms with Gasteiger partial charge in [-0.15, -0.1) is 0 Å². The molecule has 4 N–H and O–H groups in total. The fourth-order valence-electron chi connectivity index (χ4n) is 1.51. The van der Waals surface area contributed by atoms with Crippen LogP contribution >= 0.6 is 0 Å². The number of imidazole rings is 1. The lowest BCUT2D eigenvalue weighted by atomic mass is 10.3. The van der Waals surface area contributed by atoms with Crippen molar-refractivity contribution in [1.82, 2.24) is 14.7 Å². The maximum atomic E-state index is 11.7. The molecule has 108 valence electrons. The lowest BCUT2D eigenvalue weighted by Gasteiger charge is -2.08. The van der Waals surface area contributed by atoms with E-state index in [1.165, 1.54) is 6.33 Å². The van der Waals surface area contributed by atoms with E-state index in [9.17, 15) is 8.42 Å². The second-order valence-corrected chi connectivity index (χ2v) is 6.06. The molecule has 1 aromatic carbocycles. The van der Waals surface area contributed by atoms with Gasteiger partial charge in [0, 0.05) is 23.6 Å². The first kappa shape index (κ1) is 14.4. The molecule has 2 rings (SSSR count). The minimum absolute atomic E-state index is 0.0573. The molecule has 0 saturated heterocycles. The van der Waals surface area contributed by atoms with Gasteiger partial charge in [-0.25, -0.2) is 18.1 Å². The first-order valence-electron chi connectivity index (χ1n) is 5.98. The quantitative estimate of drug-likeness (QED) is 0.644. The molecule has 0 amide bonds. The van der Waals surface area contributed by atoms with Gasteiger partial charge >= 0.3 is 0 Å². The van der Waals surface area contributed by atoms with Crippen molar-refractivity contribution < 1.29 is 13.2 Å². The summed E-state index contributed by atoms with van der Waals surface area (Å²) in [5.74, 6) is 0.421. The molecule has 7 nitrogen and oxygen atoms in total. The lowest BCUT2D eigenvalue weighted by molar-refractivity contribution is 0.340. The van der Waals surface area contributed by atoms with E-state index in [0.717, 1.165) is 0 Å². The van der Waals surface area contributed by atoms with Gasteiger partial charge in [0.15, 0.2) is 0 Å². The second kappa shape index (κ2) is 6.40. The molecular weight excluding hydrogens is 280 g/mol. The Balaban J connectivity index is 1.77. The van der Waals surface area contributed by atoms with Crippen molar-refractivity contribution in [3.05, 3.63) is 42.5 Å². The number of benzene rings is 1. The normalized spacial score (nSPS) is 11.4. The van der Waals surface area contributed by atoms with Gasteiger partial charge in [0.1, 0.15) is 12.4 Å². The molecule has 0 fully saturated rings. The summed E-state index contributed by atoms with van der Waals surface area (Å²) in [6.45, 7) is 0.238. The number of sulfonamides is 1. The summed E-state index contributed by atoms with van der Waals surface area (Å²) >= 11 is 0. The van der Waals surface area contributed by atoms with Crippen molar-refractivity contribution in [1.29, 1.82) is 0 Å². The molecular formula is C12H16N4O3S. The minimum Gasteiger partial charge on any atom is -0.492 e. The number of anilines is 1. The Hall–Kier alpha value is -2.06. The fraction of sp³-hybridized carbons (Fsp3) is 0.250. The third-order valence-corrected chi connectivity index (χ3v) is 3.80. The van der Waals surface area contributed by atoms with Crippen molar-refractivity contribution in [2.75, 3.05) is 18.1 Å². The number of nitrogen functional groups attached to an aromatic ring is 1. The molecule has 0 aliphatic carbocycles. The number of hydrogen-bond donors (Lipinski definition) is 3. The molecule has 0 radical (unpaired) electrons. The maximum absolute atomic E-state index is 11.7. The molecule has 0 saturated carbocycles. The van der Waals surface area contributed by atoms with Crippen molar-refractivity contribution in [3.8, 4) is 5.75 Å². The number of ether oxygens (including phenoxy) is 1. The molecule has 0 aliphatic rings. The van der Waals surface area contributed by atoms with Gasteiger partial charge in [-0.1, -0.05) is 6.07 Å². The van der Waals surface area contributed by atoms with Gasteiger partial charge in [-0.05, 0) is 12.1 Å². The topological polar surface area (TPSA) is 110 Å². The highest BCUT2D eigenvalue weighted by atomic mass is 32.2. The van der Waals surface area contributed by atoms with Gasteiger partial charge in [0.25, 0.3) is 0 Å². The fourth-order valence-corrected chi connectivity index (χ4v) is 2.34. The van der Waals surface area contributed by atoms with E-state index in [-0.39, 0.29) is 18.9 Å². The van der Waals surface area contributed by atoms with E-state index >= 15 is 0 Å². The van der Waals surface area contributed by atoms with Crippen molar-refractivity contribution in [2.24, 2.45) is 0 Å². The summed E-state index contributed by atoms with van der Waals surface area (Å²) in [6.07, 6.45) is 3.05. The number of aromatic nitrogens is 2. The van der Waals surface area contributed by atoms with Crippen LogP contribution in [0.4, 0.5) is 5.69 Å². The van der Waals surface area contributed by atoms with Crippen LogP contribution in [0.15, 0.2) is 36.8 Å². The number of nitrogens with one attached hydrogen (secondary N) is 2. The Morgan fingerprint density at radius 2 is 2.25 bits per heavy atom. The van der Waals surface area contributed by atoms with Crippen molar-refractivity contribution >= 4 is 15.7 Å². The summed E-state index contributed by atoms with van der Waals surface area (Å²) in [6, 6.07) is 6.84. The smallest absolute Gasteiger partial charge is 0.215 e. The summed E-state index contributed by atoms with van der Waals surface area (Å²) in [4.78, 5) is 6.62. The number of hydrogen-bond acceptors (Lipinski definition) is 5. The van der Waals surface area contributed by atoms with Gasteiger partial charge in [0.2, 0.25) is 10.0 Å². The SMILES string of the molecule is Nc1cccc(OCCS(=O)(=O)NCc2cnc[nH]2)c1. The van der Waals surface area contributed by atoms with E-state index in [4.69, 9.17) is 10.5 Å². The molecule has 0 spiro atoms. The van der Waals surface area contributed by atoms with Gasteiger partial charge < -0.3 is 15.5 Å². The zero-order valence-corrected chi connectivity index (χ0v) is 11.6. The van der Waals surface area contributed by atoms with Crippen LogP contribution in [0.2, 0.25) is 0 Å². The van der Waals surface area contributed by atoms with Crippen LogP contribution in [0.5, 0.6) is 5.75 Å². The Labute approximate surface area is 117 Å². The molecule has 8 heteroatoms. The molecule has 1 aromatic heterocycles. The average molecular weight is 296 g/mol. The number of rotatable bonds is 7. The molecule has 2 aromatic rings. The van der Waals surface area contributed by atoms with Crippen LogP contribution < -0.4 is 15.2 Å². The number of H-pyrrole nitrogens is 1. The molecule has 0 bridgehead atoms. The van der Waals surface area contributed by atoms with Gasteiger partial charge in [-0.3, -0.25) is 0 Å². The third-order valence-electron chi connectivity index (χ3n) is 2.52. The Morgan fingerprint density at radius 1 is 1.40 bits per heavy atom. The zero-order chi connectivity index (χ0) is 14.4. The van der Waals surface area contributed by atoms with E-state index in [0.29, 0.717) is 17.1 Å². The van der Waals surface area contributed by atoms with Gasteiger partial charge in [0.05, 0.1) is 18.6 Å². The monoisotopic (exact) mass is 296 g/mol. The number of nitrogens with zero attached hydrogens (tertiary/aromatic N) is 1. The van der Waals surface area contributed by atoms with Crippen LogP contribution in [-0.4, -0.2) is 30.7 Å². The predicted molar refractivity (Wildman–Crippen MR) is 75.6 cm³/mol.